The molecule has 1 aliphatic carbocycles. The van der Waals surface area contributed by atoms with Crippen LogP contribution in [0.25, 0.3) is 0 Å². The van der Waals surface area contributed by atoms with Crippen LogP contribution in [0.3, 0.4) is 0 Å². The summed E-state index contributed by atoms with van der Waals surface area (Å²) in [5.41, 5.74) is 0.0859. The SMILES string of the molecule is O=Nc1ccc(F)cc1OC1CCC(O)C1. The minimum absolute atomic E-state index is 0.0859. The molecule has 2 unspecified atom stereocenters. The molecule has 86 valence electrons. The van der Waals surface area contributed by atoms with Crippen molar-refractivity contribution in [1.82, 2.24) is 0 Å². The van der Waals surface area contributed by atoms with Crippen molar-refractivity contribution in [1.29, 1.82) is 0 Å². The van der Waals surface area contributed by atoms with Crippen LogP contribution in [-0.4, -0.2) is 17.3 Å². The van der Waals surface area contributed by atoms with Crippen LogP contribution in [0, 0.1) is 10.7 Å². The van der Waals surface area contributed by atoms with Crippen LogP contribution < -0.4 is 4.74 Å². The third kappa shape index (κ3) is 2.36. The fourth-order valence-corrected chi connectivity index (χ4v) is 1.86. The molecule has 5 heteroatoms. The number of hydrogen-bond donors (Lipinski definition) is 1. The number of rotatable bonds is 3. The highest BCUT2D eigenvalue weighted by Crippen LogP contribution is 2.32. The second-order valence-corrected chi connectivity index (χ2v) is 3.91. The molecule has 16 heavy (non-hydrogen) atoms. The number of aliphatic hydroxyl groups excluding tert-OH is 1. The van der Waals surface area contributed by atoms with E-state index in [0.717, 1.165) is 12.1 Å². The van der Waals surface area contributed by atoms with Crippen molar-refractivity contribution in [2.75, 3.05) is 0 Å². The van der Waals surface area contributed by atoms with Crippen molar-refractivity contribution < 1.29 is 14.2 Å². The van der Waals surface area contributed by atoms with Crippen LogP contribution in [0.1, 0.15) is 19.3 Å². The first-order chi connectivity index (χ1) is 7.69. The zero-order valence-electron chi connectivity index (χ0n) is 8.60. The number of halogens is 1. The van der Waals surface area contributed by atoms with Crippen LogP contribution in [0.4, 0.5) is 10.1 Å². The van der Waals surface area contributed by atoms with Gasteiger partial charge in [0.25, 0.3) is 0 Å². The molecule has 2 rings (SSSR count). The topological polar surface area (TPSA) is 58.9 Å². The lowest BCUT2D eigenvalue weighted by molar-refractivity contribution is 0.150. The molecule has 1 N–H and O–H groups in total. The Kier molecular flexibility index (Phi) is 3.14. The Morgan fingerprint density at radius 2 is 2.25 bits per heavy atom. The monoisotopic (exact) mass is 225 g/mol. The summed E-state index contributed by atoms with van der Waals surface area (Å²) in [6, 6.07) is 3.58. The molecule has 4 nitrogen and oxygen atoms in total. The van der Waals surface area contributed by atoms with Gasteiger partial charge in [0.1, 0.15) is 17.6 Å². The van der Waals surface area contributed by atoms with Crippen molar-refractivity contribution >= 4 is 5.69 Å². The van der Waals surface area contributed by atoms with E-state index in [0.29, 0.717) is 19.3 Å². The van der Waals surface area contributed by atoms with Crippen molar-refractivity contribution in [2.45, 2.75) is 31.5 Å². The normalized spacial score (nSPS) is 24.4. The van der Waals surface area contributed by atoms with E-state index in [2.05, 4.69) is 5.18 Å². The maximum Gasteiger partial charge on any atom is 0.151 e. The van der Waals surface area contributed by atoms with Crippen molar-refractivity contribution in [3.05, 3.63) is 28.9 Å². The third-order valence-corrected chi connectivity index (χ3v) is 2.67. The lowest BCUT2D eigenvalue weighted by Gasteiger charge is -2.13. The molecule has 0 saturated heterocycles. The van der Waals surface area contributed by atoms with Gasteiger partial charge in [-0.05, 0) is 30.2 Å². The standard InChI is InChI=1S/C11H12FNO3/c12-7-1-4-10(13-15)11(5-7)16-9-3-2-8(14)6-9/h1,4-5,8-9,14H,2-3,6H2. The Balaban J connectivity index is 2.13. The smallest absolute Gasteiger partial charge is 0.151 e. The lowest BCUT2D eigenvalue weighted by atomic mass is 10.2. The second-order valence-electron chi connectivity index (χ2n) is 3.91. The van der Waals surface area contributed by atoms with E-state index in [4.69, 9.17) is 4.74 Å². The molecule has 2 atom stereocenters. The van der Waals surface area contributed by atoms with Gasteiger partial charge in [-0.3, -0.25) is 0 Å². The lowest BCUT2D eigenvalue weighted by Crippen LogP contribution is -2.13. The average molecular weight is 225 g/mol. The average Bonchev–Trinajstić information content (AvgIpc) is 2.64. The van der Waals surface area contributed by atoms with Gasteiger partial charge in [-0.15, -0.1) is 4.91 Å². The van der Waals surface area contributed by atoms with E-state index in [1.807, 2.05) is 0 Å². The summed E-state index contributed by atoms with van der Waals surface area (Å²) in [5.74, 6) is -0.324. The summed E-state index contributed by atoms with van der Waals surface area (Å²) in [5, 5.41) is 12.1. The highest BCUT2D eigenvalue weighted by Gasteiger charge is 2.25. The molecule has 0 aromatic heterocycles. The first kappa shape index (κ1) is 11.0. The Hall–Kier alpha value is -1.49. The molecule has 1 fully saturated rings. The van der Waals surface area contributed by atoms with Gasteiger partial charge in [-0.25, -0.2) is 4.39 Å². The molecule has 0 radical (unpaired) electrons. The number of hydrogen-bond acceptors (Lipinski definition) is 4. The van der Waals surface area contributed by atoms with E-state index in [9.17, 15) is 14.4 Å². The second kappa shape index (κ2) is 4.57. The molecule has 1 saturated carbocycles. The summed E-state index contributed by atoms with van der Waals surface area (Å²) >= 11 is 0. The summed E-state index contributed by atoms with van der Waals surface area (Å²) in [6.07, 6.45) is 1.35. The first-order valence-electron chi connectivity index (χ1n) is 5.16. The number of nitrogens with zero attached hydrogens (tertiary/aromatic N) is 1. The fourth-order valence-electron chi connectivity index (χ4n) is 1.86. The number of benzene rings is 1. The third-order valence-electron chi connectivity index (χ3n) is 2.67. The zero-order valence-corrected chi connectivity index (χ0v) is 8.60. The van der Waals surface area contributed by atoms with Gasteiger partial charge in [0.05, 0.1) is 6.10 Å². The molecule has 1 aromatic carbocycles. The molecule has 0 aliphatic heterocycles. The Bertz CT molecular complexity index is 397. The quantitative estimate of drug-likeness (QED) is 0.804. The molecular formula is C11H12FNO3. The van der Waals surface area contributed by atoms with Gasteiger partial charge in [-0.2, -0.15) is 0 Å². The molecular weight excluding hydrogens is 213 g/mol. The minimum atomic E-state index is -0.471. The van der Waals surface area contributed by atoms with E-state index in [-0.39, 0.29) is 23.6 Å². The summed E-state index contributed by atoms with van der Waals surface area (Å²) < 4.78 is 18.4. The van der Waals surface area contributed by atoms with Crippen molar-refractivity contribution in [3.63, 3.8) is 0 Å². The highest BCUT2D eigenvalue weighted by molar-refractivity contribution is 5.51. The van der Waals surface area contributed by atoms with Gasteiger partial charge < -0.3 is 9.84 Å². The number of nitroso groups, excluding NO2 is 1. The molecule has 0 heterocycles. The Morgan fingerprint density at radius 3 is 2.88 bits per heavy atom. The largest absolute Gasteiger partial charge is 0.488 e. The Labute approximate surface area is 92.0 Å². The summed E-state index contributed by atoms with van der Waals surface area (Å²) in [7, 11) is 0. The predicted octanol–water partition coefficient (Wildman–Crippen LogP) is 2.52. The minimum Gasteiger partial charge on any atom is -0.488 e. The summed E-state index contributed by atoms with van der Waals surface area (Å²) in [4.78, 5) is 10.5. The summed E-state index contributed by atoms with van der Waals surface area (Å²) in [6.45, 7) is 0. The van der Waals surface area contributed by atoms with Crippen molar-refractivity contribution in [3.8, 4) is 5.75 Å². The Morgan fingerprint density at radius 1 is 1.44 bits per heavy atom. The van der Waals surface area contributed by atoms with Crippen LogP contribution in [0.5, 0.6) is 5.75 Å². The fraction of sp³-hybridized carbons (Fsp3) is 0.455. The number of ether oxygens (including phenoxy) is 1. The van der Waals surface area contributed by atoms with E-state index < -0.39 is 5.82 Å². The van der Waals surface area contributed by atoms with Crippen LogP contribution in [0.2, 0.25) is 0 Å². The molecule has 0 amide bonds. The molecule has 0 spiro atoms. The molecule has 1 aromatic rings. The maximum absolute atomic E-state index is 13.0. The van der Waals surface area contributed by atoms with E-state index >= 15 is 0 Å². The maximum atomic E-state index is 13.0. The van der Waals surface area contributed by atoms with Crippen LogP contribution in [-0.2, 0) is 0 Å². The number of aliphatic hydroxyl groups is 1. The van der Waals surface area contributed by atoms with Gasteiger partial charge in [-0.1, -0.05) is 0 Å². The predicted molar refractivity (Wildman–Crippen MR) is 56.1 cm³/mol. The van der Waals surface area contributed by atoms with Gasteiger partial charge in [0.15, 0.2) is 5.75 Å². The van der Waals surface area contributed by atoms with Gasteiger partial charge >= 0.3 is 0 Å². The van der Waals surface area contributed by atoms with E-state index in [1.54, 1.807) is 0 Å². The van der Waals surface area contributed by atoms with Crippen LogP contribution >= 0.6 is 0 Å². The van der Waals surface area contributed by atoms with Gasteiger partial charge in [0.2, 0.25) is 0 Å². The van der Waals surface area contributed by atoms with Gasteiger partial charge in [0, 0.05) is 12.5 Å². The molecule has 1 aliphatic rings. The first-order valence-corrected chi connectivity index (χ1v) is 5.16. The highest BCUT2D eigenvalue weighted by atomic mass is 19.1. The van der Waals surface area contributed by atoms with E-state index in [1.165, 1.54) is 6.07 Å². The zero-order chi connectivity index (χ0) is 11.5. The van der Waals surface area contributed by atoms with Crippen molar-refractivity contribution in [2.24, 2.45) is 5.18 Å². The van der Waals surface area contributed by atoms with Crippen LogP contribution in [0.15, 0.2) is 23.4 Å². The molecule has 0 bridgehead atoms.